The van der Waals surface area contributed by atoms with Gasteiger partial charge in [-0.2, -0.15) is 0 Å². The first-order valence-corrected chi connectivity index (χ1v) is 5.17. The lowest BCUT2D eigenvalue weighted by molar-refractivity contribution is -0.281. The molecule has 0 radical (unpaired) electrons. The maximum Gasteiger partial charge on any atom is 0.241 e. The standard InChI is InChI=1S/C11H14N2O5/c1-7(14)12-13-11(16)6-10(18-17)8-2-4-9(15)5-3-8/h2-5,10,15,17H,6H2,1H3,(H,12,14)(H,13,16). The number of aromatic hydroxyl groups is 1. The molecule has 1 unspecified atom stereocenters. The maximum absolute atomic E-state index is 11.4. The van der Waals surface area contributed by atoms with Gasteiger partial charge in [0.25, 0.3) is 0 Å². The fourth-order valence-corrected chi connectivity index (χ4v) is 1.28. The first-order valence-electron chi connectivity index (χ1n) is 5.17. The molecule has 0 bridgehead atoms. The number of rotatable bonds is 4. The SMILES string of the molecule is CC(=O)NNC(=O)CC(OO)c1ccc(O)cc1. The van der Waals surface area contributed by atoms with E-state index in [4.69, 9.17) is 10.4 Å². The molecule has 1 aromatic carbocycles. The highest BCUT2D eigenvalue weighted by molar-refractivity contribution is 5.81. The second-order valence-electron chi connectivity index (χ2n) is 3.62. The van der Waals surface area contributed by atoms with Gasteiger partial charge in [-0.15, -0.1) is 0 Å². The van der Waals surface area contributed by atoms with Crippen molar-refractivity contribution in [2.75, 3.05) is 0 Å². The highest BCUT2D eigenvalue weighted by atomic mass is 17.1. The minimum Gasteiger partial charge on any atom is -0.508 e. The average Bonchev–Trinajstić information content (AvgIpc) is 2.34. The smallest absolute Gasteiger partial charge is 0.241 e. The van der Waals surface area contributed by atoms with E-state index >= 15 is 0 Å². The summed E-state index contributed by atoms with van der Waals surface area (Å²) in [6, 6.07) is 5.85. The van der Waals surface area contributed by atoms with Crippen LogP contribution in [0.3, 0.4) is 0 Å². The number of phenols is 1. The van der Waals surface area contributed by atoms with Gasteiger partial charge in [0, 0.05) is 6.92 Å². The highest BCUT2D eigenvalue weighted by Crippen LogP contribution is 2.22. The van der Waals surface area contributed by atoms with E-state index < -0.39 is 17.9 Å². The van der Waals surface area contributed by atoms with Crippen molar-refractivity contribution < 1.29 is 24.8 Å². The highest BCUT2D eigenvalue weighted by Gasteiger charge is 2.17. The quantitative estimate of drug-likeness (QED) is 0.461. The molecule has 0 aliphatic rings. The fourth-order valence-electron chi connectivity index (χ4n) is 1.28. The van der Waals surface area contributed by atoms with Crippen LogP contribution in [0.5, 0.6) is 5.75 Å². The van der Waals surface area contributed by atoms with Gasteiger partial charge >= 0.3 is 0 Å². The number of benzene rings is 1. The molecule has 4 N–H and O–H groups in total. The van der Waals surface area contributed by atoms with Crippen LogP contribution >= 0.6 is 0 Å². The second-order valence-corrected chi connectivity index (χ2v) is 3.62. The molecule has 0 aliphatic heterocycles. The van der Waals surface area contributed by atoms with E-state index in [-0.39, 0.29) is 12.2 Å². The van der Waals surface area contributed by atoms with Gasteiger partial charge in [0.2, 0.25) is 11.8 Å². The van der Waals surface area contributed by atoms with Crippen molar-refractivity contribution in [3.05, 3.63) is 29.8 Å². The van der Waals surface area contributed by atoms with Gasteiger partial charge in [0.05, 0.1) is 6.42 Å². The third kappa shape index (κ3) is 4.40. The molecule has 7 nitrogen and oxygen atoms in total. The van der Waals surface area contributed by atoms with Gasteiger partial charge in [-0.3, -0.25) is 25.7 Å². The van der Waals surface area contributed by atoms with Crippen molar-refractivity contribution >= 4 is 11.8 Å². The van der Waals surface area contributed by atoms with Crippen LogP contribution < -0.4 is 10.9 Å². The summed E-state index contributed by atoms with van der Waals surface area (Å²) >= 11 is 0. The Balaban J connectivity index is 2.59. The van der Waals surface area contributed by atoms with Crippen LogP contribution in [-0.4, -0.2) is 22.2 Å². The van der Waals surface area contributed by atoms with Crippen LogP contribution in [0.4, 0.5) is 0 Å². The van der Waals surface area contributed by atoms with Crippen molar-refractivity contribution in [3.63, 3.8) is 0 Å². The number of nitrogens with one attached hydrogen (secondary N) is 2. The molecule has 1 atom stereocenters. The molecular weight excluding hydrogens is 240 g/mol. The van der Waals surface area contributed by atoms with Crippen LogP contribution in [0, 0.1) is 0 Å². The van der Waals surface area contributed by atoms with Crippen LogP contribution in [0.2, 0.25) is 0 Å². The number of phenolic OH excluding ortho intramolecular Hbond substituents is 1. The van der Waals surface area contributed by atoms with Crippen LogP contribution in [0.15, 0.2) is 24.3 Å². The van der Waals surface area contributed by atoms with E-state index in [0.29, 0.717) is 5.56 Å². The number of hydrogen-bond acceptors (Lipinski definition) is 5. The molecule has 7 heteroatoms. The summed E-state index contributed by atoms with van der Waals surface area (Å²) in [7, 11) is 0. The third-order valence-electron chi connectivity index (χ3n) is 2.14. The monoisotopic (exact) mass is 254 g/mol. The normalized spacial score (nSPS) is 11.7. The van der Waals surface area contributed by atoms with E-state index in [1.54, 1.807) is 0 Å². The molecule has 0 fully saturated rings. The first kappa shape index (κ1) is 13.9. The molecule has 98 valence electrons. The Bertz CT molecular complexity index is 418. The van der Waals surface area contributed by atoms with Gasteiger partial charge in [-0.25, -0.2) is 4.89 Å². The first-order chi connectivity index (χ1) is 8.52. The van der Waals surface area contributed by atoms with Crippen molar-refractivity contribution in [1.29, 1.82) is 0 Å². The van der Waals surface area contributed by atoms with E-state index in [1.807, 2.05) is 0 Å². The number of amides is 2. The molecule has 0 aromatic heterocycles. The number of hydrogen-bond donors (Lipinski definition) is 4. The lowest BCUT2D eigenvalue weighted by Crippen LogP contribution is -2.40. The van der Waals surface area contributed by atoms with Crippen LogP contribution in [0.1, 0.15) is 25.0 Å². The largest absolute Gasteiger partial charge is 0.508 e. The van der Waals surface area contributed by atoms with E-state index in [1.165, 1.54) is 31.2 Å². The van der Waals surface area contributed by atoms with Crippen molar-refractivity contribution in [2.45, 2.75) is 19.4 Å². The Morgan fingerprint density at radius 1 is 1.28 bits per heavy atom. The third-order valence-corrected chi connectivity index (χ3v) is 2.14. The van der Waals surface area contributed by atoms with Gasteiger partial charge in [-0.1, -0.05) is 12.1 Å². The molecule has 18 heavy (non-hydrogen) atoms. The number of carbonyl (C=O) groups excluding carboxylic acids is 2. The molecule has 0 heterocycles. The minimum absolute atomic E-state index is 0.0677. The molecule has 2 amide bonds. The van der Waals surface area contributed by atoms with Gasteiger partial charge in [0.1, 0.15) is 11.9 Å². The zero-order valence-electron chi connectivity index (χ0n) is 9.71. The topological polar surface area (TPSA) is 108 Å². The van der Waals surface area contributed by atoms with Gasteiger partial charge in [-0.05, 0) is 17.7 Å². The molecule has 1 rings (SSSR count). The summed E-state index contributed by atoms with van der Waals surface area (Å²) in [5.41, 5.74) is 4.79. The molecule has 0 aliphatic carbocycles. The Labute approximate surface area is 103 Å². The zero-order valence-corrected chi connectivity index (χ0v) is 9.71. The van der Waals surface area contributed by atoms with Crippen LogP contribution in [0.25, 0.3) is 0 Å². The summed E-state index contributed by atoms with van der Waals surface area (Å²) in [5, 5.41) is 17.9. The maximum atomic E-state index is 11.4. The Morgan fingerprint density at radius 3 is 2.39 bits per heavy atom. The number of carbonyl (C=O) groups is 2. The second kappa shape index (κ2) is 6.58. The van der Waals surface area contributed by atoms with E-state index in [9.17, 15) is 9.59 Å². The zero-order chi connectivity index (χ0) is 13.5. The molecule has 0 spiro atoms. The fraction of sp³-hybridized carbons (Fsp3) is 0.273. The van der Waals surface area contributed by atoms with Crippen molar-refractivity contribution in [3.8, 4) is 5.75 Å². The summed E-state index contributed by atoms with van der Waals surface area (Å²) in [6.45, 7) is 1.25. The predicted octanol–water partition coefficient (Wildman–Crippen LogP) is 0.480. The summed E-state index contributed by atoms with van der Waals surface area (Å²) in [5.74, 6) is -0.857. The Hall–Kier alpha value is -2.12. The van der Waals surface area contributed by atoms with E-state index in [0.717, 1.165) is 0 Å². The summed E-state index contributed by atoms with van der Waals surface area (Å²) < 4.78 is 0. The summed E-state index contributed by atoms with van der Waals surface area (Å²) in [6.07, 6.45) is -1.05. The van der Waals surface area contributed by atoms with Gasteiger partial charge < -0.3 is 5.11 Å². The lowest BCUT2D eigenvalue weighted by Gasteiger charge is -2.13. The lowest BCUT2D eigenvalue weighted by atomic mass is 10.1. The summed E-state index contributed by atoms with van der Waals surface area (Å²) in [4.78, 5) is 26.2. The Kier molecular flexibility index (Phi) is 5.09. The average molecular weight is 254 g/mol. The van der Waals surface area contributed by atoms with Crippen molar-refractivity contribution in [1.82, 2.24) is 10.9 Å². The molecule has 1 aromatic rings. The van der Waals surface area contributed by atoms with Gasteiger partial charge in [0.15, 0.2) is 0 Å². The van der Waals surface area contributed by atoms with Crippen LogP contribution in [-0.2, 0) is 14.5 Å². The Morgan fingerprint density at radius 2 is 1.89 bits per heavy atom. The molecular formula is C11H14N2O5. The van der Waals surface area contributed by atoms with E-state index in [2.05, 4.69) is 15.7 Å². The number of hydrazine groups is 1. The minimum atomic E-state index is -0.876. The predicted molar refractivity (Wildman–Crippen MR) is 61.1 cm³/mol. The molecule has 0 saturated carbocycles. The molecule has 0 saturated heterocycles. The van der Waals surface area contributed by atoms with Crippen molar-refractivity contribution in [2.24, 2.45) is 0 Å².